The van der Waals surface area contributed by atoms with E-state index >= 15 is 0 Å². The molecule has 1 fully saturated rings. The molecule has 0 bridgehead atoms. The summed E-state index contributed by atoms with van der Waals surface area (Å²) < 4.78 is 16.2. The summed E-state index contributed by atoms with van der Waals surface area (Å²) in [5, 5.41) is 4.13. The van der Waals surface area contributed by atoms with Gasteiger partial charge in [0.05, 0.1) is 0 Å². The van der Waals surface area contributed by atoms with Crippen molar-refractivity contribution in [1.82, 2.24) is 15.0 Å². The van der Waals surface area contributed by atoms with Crippen LogP contribution in [0.2, 0.25) is 0 Å². The number of carbonyl (C=O) groups excluding carboxylic acids is 1. The lowest BCUT2D eigenvalue weighted by Crippen LogP contribution is -2.24. The molecule has 3 aromatic rings. The molecular formula is C21H19N3O4S. The number of hydrogen-bond acceptors (Lipinski definition) is 7. The minimum atomic E-state index is -0.0699. The fraction of sp³-hybridized carbons (Fsp3) is 0.286. The van der Waals surface area contributed by atoms with Crippen molar-refractivity contribution in [2.45, 2.75) is 23.8 Å². The molecule has 5 rings (SSSR count). The average molecular weight is 409 g/mol. The molecule has 0 saturated carbocycles. The fourth-order valence-corrected chi connectivity index (χ4v) is 4.01. The maximum atomic E-state index is 12.5. The van der Waals surface area contributed by atoms with Crippen molar-refractivity contribution in [3.8, 4) is 23.0 Å². The van der Waals surface area contributed by atoms with Crippen LogP contribution >= 0.6 is 11.8 Å². The van der Waals surface area contributed by atoms with E-state index in [4.69, 9.17) is 14.0 Å². The SMILES string of the molecule is CSc1ccc(CN2CC(c3noc(-c4ccc5c(c4)OCO5)n3)CC2=O)cc1. The molecule has 1 saturated heterocycles. The summed E-state index contributed by atoms with van der Waals surface area (Å²) in [6, 6.07) is 13.8. The Hall–Kier alpha value is -3.00. The van der Waals surface area contributed by atoms with Gasteiger partial charge in [0.1, 0.15) is 0 Å². The lowest BCUT2D eigenvalue weighted by atomic mass is 10.1. The molecule has 8 heteroatoms. The van der Waals surface area contributed by atoms with E-state index < -0.39 is 0 Å². The Morgan fingerprint density at radius 3 is 2.79 bits per heavy atom. The van der Waals surface area contributed by atoms with Crippen LogP contribution < -0.4 is 9.47 Å². The van der Waals surface area contributed by atoms with Crippen molar-refractivity contribution in [1.29, 1.82) is 0 Å². The number of carbonyl (C=O) groups is 1. The fourth-order valence-electron chi connectivity index (χ4n) is 3.60. The number of thioether (sulfide) groups is 1. The van der Waals surface area contributed by atoms with Crippen molar-refractivity contribution in [3.63, 3.8) is 0 Å². The van der Waals surface area contributed by atoms with Crippen LogP contribution in [0.15, 0.2) is 51.9 Å². The van der Waals surface area contributed by atoms with Gasteiger partial charge in [-0.3, -0.25) is 4.79 Å². The van der Waals surface area contributed by atoms with Gasteiger partial charge in [-0.1, -0.05) is 17.3 Å². The Balaban J connectivity index is 1.29. The zero-order valence-electron chi connectivity index (χ0n) is 15.8. The quantitative estimate of drug-likeness (QED) is 0.595. The predicted molar refractivity (Wildman–Crippen MR) is 107 cm³/mol. The normalized spacial score (nSPS) is 17.9. The highest BCUT2D eigenvalue weighted by Gasteiger charge is 2.34. The minimum Gasteiger partial charge on any atom is -0.454 e. The van der Waals surface area contributed by atoms with Crippen molar-refractivity contribution in [2.24, 2.45) is 0 Å². The highest BCUT2D eigenvalue weighted by atomic mass is 32.2. The van der Waals surface area contributed by atoms with Crippen LogP contribution in [0.5, 0.6) is 11.5 Å². The van der Waals surface area contributed by atoms with Gasteiger partial charge < -0.3 is 18.9 Å². The molecule has 2 aliphatic heterocycles. The first-order valence-electron chi connectivity index (χ1n) is 9.34. The molecule has 0 spiro atoms. The van der Waals surface area contributed by atoms with Crippen molar-refractivity contribution < 1.29 is 18.8 Å². The van der Waals surface area contributed by atoms with Crippen LogP contribution in [0.1, 0.15) is 23.7 Å². The van der Waals surface area contributed by atoms with Gasteiger partial charge in [-0.15, -0.1) is 11.8 Å². The van der Waals surface area contributed by atoms with Crippen molar-refractivity contribution in [2.75, 3.05) is 19.6 Å². The Bertz CT molecular complexity index is 1050. The van der Waals surface area contributed by atoms with E-state index in [1.165, 1.54) is 4.90 Å². The molecule has 29 heavy (non-hydrogen) atoms. The van der Waals surface area contributed by atoms with Gasteiger partial charge >= 0.3 is 0 Å². The van der Waals surface area contributed by atoms with Gasteiger partial charge in [-0.2, -0.15) is 4.98 Å². The van der Waals surface area contributed by atoms with E-state index in [0.29, 0.717) is 42.7 Å². The zero-order chi connectivity index (χ0) is 19.8. The molecule has 1 amide bonds. The summed E-state index contributed by atoms with van der Waals surface area (Å²) in [5.41, 5.74) is 1.88. The summed E-state index contributed by atoms with van der Waals surface area (Å²) in [6.07, 6.45) is 2.44. The summed E-state index contributed by atoms with van der Waals surface area (Å²) in [7, 11) is 0. The lowest BCUT2D eigenvalue weighted by molar-refractivity contribution is -0.128. The molecule has 3 heterocycles. The molecule has 0 N–H and O–H groups in total. The first kappa shape index (κ1) is 18.1. The third-order valence-corrected chi connectivity index (χ3v) is 5.92. The third-order valence-electron chi connectivity index (χ3n) is 5.17. The van der Waals surface area contributed by atoms with E-state index in [1.54, 1.807) is 11.8 Å². The molecule has 1 aromatic heterocycles. The van der Waals surface area contributed by atoms with Gasteiger partial charge in [0.15, 0.2) is 17.3 Å². The molecule has 7 nitrogen and oxygen atoms in total. The number of benzene rings is 2. The van der Waals surface area contributed by atoms with E-state index in [0.717, 1.165) is 11.1 Å². The molecule has 2 aliphatic rings. The van der Waals surface area contributed by atoms with E-state index in [2.05, 4.69) is 34.4 Å². The van der Waals surface area contributed by atoms with Crippen molar-refractivity contribution in [3.05, 3.63) is 53.9 Å². The van der Waals surface area contributed by atoms with Gasteiger partial charge in [0, 0.05) is 35.9 Å². The summed E-state index contributed by atoms with van der Waals surface area (Å²) >= 11 is 1.70. The van der Waals surface area contributed by atoms with E-state index in [-0.39, 0.29) is 18.6 Å². The van der Waals surface area contributed by atoms with Gasteiger partial charge in [-0.25, -0.2) is 0 Å². The van der Waals surface area contributed by atoms with Crippen LogP contribution in [0, 0.1) is 0 Å². The second-order valence-electron chi connectivity index (χ2n) is 7.05. The van der Waals surface area contributed by atoms with Gasteiger partial charge in [-0.05, 0) is 42.2 Å². The largest absolute Gasteiger partial charge is 0.454 e. The Morgan fingerprint density at radius 1 is 1.14 bits per heavy atom. The zero-order valence-corrected chi connectivity index (χ0v) is 16.6. The maximum absolute atomic E-state index is 12.5. The molecule has 1 unspecified atom stereocenters. The second-order valence-corrected chi connectivity index (χ2v) is 7.93. The molecule has 0 radical (unpaired) electrons. The van der Waals surface area contributed by atoms with Crippen molar-refractivity contribution >= 4 is 17.7 Å². The first-order valence-corrected chi connectivity index (χ1v) is 10.6. The number of fused-ring (bicyclic) bond motifs is 1. The molecule has 148 valence electrons. The Kier molecular flexibility index (Phi) is 4.63. The summed E-state index contributed by atoms with van der Waals surface area (Å²) in [6.45, 7) is 1.40. The Labute approximate surface area is 172 Å². The number of ether oxygens (including phenoxy) is 2. The van der Waals surface area contributed by atoms with Crippen LogP contribution in [0.25, 0.3) is 11.5 Å². The average Bonchev–Trinajstić information content (AvgIpc) is 3.48. The lowest BCUT2D eigenvalue weighted by Gasteiger charge is -2.16. The Morgan fingerprint density at radius 2 is 1.97 bits per heavy atom. The van der Waals surface area contributed by atoms with Crippen LogP contribution in [-0.2, 0) is 11.3 Å². The van der Waals surface area contributed by atoms with Crippen LogP contribution in [-0.4, -0.2) is 40.5 Å². The molecule has 0 aliphatic carbocycles. The highest BCUT2D eigenvalue weighted by Crippen LogP contribution is 2.36. The molecule has 2 aromatic carbocycles. The number of amides is 1. The van der Waals surface area contributed by atoms with Crippen LogP contribution in [0.3, 0.4) is 0 Å². The number of nitrogens with zero attached hydrogens (tertiary/aromatic N) is 3. The smallest absolute Gasteiger partial charge is 0.258 e. The number of likely N-dealkylation sites (tertiary alicyclic amines) is 1. The predicted octanol–water partition coefficient (Wildman–Crippen LogP) is 3.70. The van der Waals surface area contributed by atoms with Gasteiger partial charge in [0.2, 0.25) is 12.7 Å². The van der Waals surface area contributed by atoms with E-state index in [9.17, 15) is 4.79 Å². The molecule has 1 atom stereocenters. The standard InChI is InChI=1S/C21H19N3O4S/c1-29-16-5-2-13(3-6-16)10-24-11-15(9-19(24)25)20-22-21(28-23-20)14-4-7-17-18(8-14)27-12-26-17/h2-8,15H,9-12H2,1H3. The second kappa shape index (κ2) is 7.44. The van der Waals surface area contributed by atoms with E-state index in [1.807, 2.05) is 29.4 Å². The minimum absolute atomic E-state index is 0.0699. The number of hydrogen-bond donors (Lipinski definition) is 0. The number of aromatic nitrogens is 2. The monoisotopic (exact) mass is 409 g/mol. The highest BCUT2D eigenvalue weighted by molar-refractivity contribution is 7.98. The van der Waals surface area contributed by atoms with Gasteiger partial charge in [0.25, 0.3) is 5.89 Å². The summed E-state index contributed by atoms with van der Waals surface area (Å²) in [5.74, 6) is 2.38. The third kappa shape index (κ3) is 3.55. The van der Waals surface area contributed by atoms with Crippen LogP contribution in [0.4, 0.5) is 0 Å². The number of rotatable bonds is 5. The summed E-state index contributed by atoms with van der Waals surface area (Å²) in [4.78, 5) is 20.1. The first-order chi connectivity index (χ1) is 14.2. The topological polar surface area (TPSA) is 77.7 Å². The maximum Gasteiger partial charge on any atom is 0.258 e. The molecular weight excluding hydrogens is 390 g/mol.